The van der Waals surface area contributed by atoms with Gasteiger partial charge in [-0.05, 0) is 6.92 Å². The summed E-state index contributed by atoms with van der Waals surface area (Å²) in [6.45, 7) is 2.19. The zero-order valence-electron chi connectivity index (χ0n) is 8.71. The Balaban J connectivity index is 2.14. The molecule has 15 heavy (non-hydrogen) atoms. The van der Waals surface area contributed by atoms with E-state index in [0.29, 0.717) is 12.1 Å². The van der Waals surface area contributed by atoms with E-state index in [-0.39, 0.29) is 5.78 Å². The molecule has 0 unspecified atom stereocenters. The number of nitrogens with zero attached hydrogens (tertiary/aromatic N) is 4. The second-order valence-electron chi connectivity index (χ2n) is 3.43. The average Bonchev–Trinajstić information content (AvgIpc) is 2.77. The van der Waals surface area contributed by atoms with Crippen LogP contribution in [-0.2, 0) is 13.6 Å². The lowest BCUT2D eigenvalue weighted by Crippen LogP contribution is -2.10. The first-order chi connectivity index (χ1) is 7.16. The molecule has 0 fully saturated rings. The van der Waals surface area contributed by atoms with Crippen LogP contribution in [0.2, 0.25) is 0 Å². The molecule has 2 aromatic rings. The number of aromatic nitrogens is 4. The highest BCUT2D eigenvalue weighted by molar-refractivity contribution is 5.95. The van der Waals surface area contributed by atoms with Crippen molar-refractivity contribution in [2.75, 3.05) is 0 Å². The summed E-state index contributed by atoms with van der Waals surface area (Å²) in [6.07, 6.45) is 6.78. The van der Waals surface area contributed by atoms with Crippen LogP contribution in [-0.4, -0.2) is 25.1 Å². The lowest BCUT2D eigenvalue weighted by molar-refractivity contribution is 0.0971. The summed E-state index contributed by atoms with van der Waals surface area (Å²) in [6, 6.07) is 0. The molecule has 5 nitrogen and oxygen atoms in total. The first-order valence-corrected chi connectivity index (χ1v) is 4.66. The van der Waals surface area contributed by atoms with Crippen molar-refractivity contribution < 1.29 is 4.79 Å². The number of imidazole rings is 1. The summed E-state index contributed by atoms with van der Waals surface area (Å²) < 4.78 is 3.43. The zero-order chi connectivity index (χ0) is 10.8. The Morgan fingerprint density at radius 2 is 2.33 bits per heavy atom. The molecular weight excluding hydrogens is 192 g/mol. The third-order valence-electron chi connectivity index (χ3n) is 2.26. The van der Waals surface area contributed by atoms with Crippen LogP contribution >= 0.6 is 0 Å². The van der Waals surface area contributed by atoms with Crippen LogP contribution in [0.4, 0.5) is 0 Å². The van der Waals surface area contributed by atoms with Crippen LogP contribution in [0.15, 0.2) is 24.8 Å². The SMILES string of the molecule is Cc1nccn1CC(=O)c1cnn(C)c1. The Hall–Kier alpha value is -1.91. The van der Waals surface area contributed by atoms with Crippen molar-refractivity contribution in [3.8, 4) is 0 Å². The van der Waals surface area contributed by atoms with Gasteiger partial charge in [0.25, 0.3) is 0 Å². The summed E-state index contributed by atoms with van der Waals surface area (Å²) in [5.41, 5.74) is 0.630. The highest BCUT2D eigenvalue weighted by atomic mass is 16.1. The molecule has 0 aliphatic rings. The molecule has 0 aromatic carbocycles. The number of hydrogen-bond donors (Lipinski definition) is 0. The van der Waals surface area contributed by atoms with E-state index in [1.807, 2.05) is 11.5 Å². The number of aryl methyl sites for hydroxylation is 2. The minimum atomic E-state index is 0.0456. The van der Waals surface area contributed by atoms with Gasteiger partial charge in [0, 0.05) is 25.6 Å². The van der Waals surface area contributed by atoms with Crippen molar-refractivity contribution in [3.05, 3.63) is 36.2 Å². The molecule has 2 aromatic heterocycles. The van der Waals surface area contributed by atoms with E-state index in [1.165, 1.54) is 0 Å². The number of hydrogen-bond acceptors (Lipinski definition) is 3. The topological polar surface area (TPSA) is 52.7 Å². The summed E-state index contributed by atoms with van der Waals surface area (Å²) >= 11 is 0. The van der Waals surface area contributed by atoms with E-state index in [2.05, 4.69) is 10.1 Å². The van der Waals surface area contributed by atoms with E-state index in [0.717, 1.165) is 5.82 Å². The number of ketones is 1. The summed E-state index contributed by atoms with van der Waals surface area (Å²) in [4.78, 5) is 15.8. The quantitative estimate of drug-likeness (QED) is 0.695. The molecule has 0 atom stereocenters. The van der Waals surface area contributed by atoms with Crippen LogP contribution in [0.25, 0.3) is 0 Å². The molecular formula is C10H12N4O. The Morgan fingerprint density at radius 1 is 1.53 bits per heavy atom. The summed E-state index contributed by atoms with van der Waals surface area (Å²) in [7, 11) is 1.79. The van der Waals surface area contributed by atoms with Gasteiger partial charge in [-0.15, -0.1) is 0 Å². The van der Waals surface area contributed by atoms with Crippen molar-refractivity contribution in [1.29, 1.82) is 0 Å². The van der Waals surface area contributed by atoms with Gasteiger partial charge < -0.3 is 4.57 Å². The molecule has 0 radical (unpaired) electrons. The van der Waals surface area contributed by atoms with Gasteiger partial charge >= 0.3 is 0 Å². The van der Waals surface area contributed by atoms with Gasteiger partial charge in [0.2, 0.25) is 0 Å². The Kier molecular flexibility index (Phi) is 2.37. The normalized spacial score (nSPS) is 10.5. The lowest BCUT2D eigenvalue weighted by atomic mass is 10.2. The van der Waals surface area contributed by atoms with Gasteiger partial charge in [0.15, 0.2) is 5.78 Å². The van der Waals surface area contributed by atoms with Crippen LogP contribution < -0.4 is 0 Å². The Labute approximate surface area is 87.4 Å². The van der Waals surface area contributed by atoms with Crippen LogP contribution in [0.3, 0.4) is 0 Å². The molecule has 0 aliphatic carbocycles. The first-order valence-electron chi connectivity index (χ1n) is 4.66. The second kappa shape index (κ2) is 3.68. The Bertz CT molecular complexity index is 483. The number of rotatable bonds is 3. The molecule has 2 heterocycles. The van der Waals surface area contributed by atoms with Gasteiger partial charge in [-0.25, -0.2) is 4.98 Å². The molecule has 5 heteroatoms. The minimum absolute atomic E-state index is 0.0456. The molecule has 2 rings (SSSR count). The van der Waals surface area contributed by atoms with Gasteiger partial charge in [-0.1, -0.05) is 0 Å². The van der Waals surface area contributed by atoms with Gasteiger partial charge in [-0.2, -0.15) is 5.10 Å². The maximum absolute atomic E-state index is 11.8. The average molecular weight is 204 g/mol. The van der Waals surface area contributed by atoms with Crippen molar-refractivity contribution >= 4 is 5.78 Å². The largest absolute Gasteiger partial charge is 0.327 e. The summed E-state index contributed by atoms with van der Waals surface area (Å²) in [5.74, 6) is 0.886. The van der Waals surface area contributed by atoms with Gasteiger partial charge in [0.1, 0.15) is 5.82 Å². The highest BCUT2D eigenvalue weighted by Crippen LogP contribution is 2.02. The number of carbonyl (C=O) groups is 1. The minimum Gasteiger partial charge on any atom is -0.327 e. The molecule has 0 N–H and O–H groups in total. The molecule has 78 valence electrons. The summed E-state index contributed by atoms with van der Waals surface area (Å²) in [5, 5.41) is 3.96. The molecule has 0 spiro atoms. The fourth-order valence-electron chi connectivity index (χ4n) is 1.38. The van der Waals surface area contributed by atoms with E-state index < -0.39 is 0 Å². The number of carbonyl (C=O) groups excluding carboxylic acids is 1. The van der Waals surface area contributed by atoms with Crippen LogP contribution in [0.5, 0.6) is 0 Å². The van der Waals surface area contributed by atoms with E-state index in [1.54, 1.807) is 36.5 Å². The zero-order valence-corrected chi connectivity index (χ0v) is 8.71. The maximum atomic E-state index is 11.8. The highest BCUT2D eigenvalue weighted by Gasteiger charge is 2.09. The Morgan fingerprint density at radius 3 is 2.87 bits per heavy atom. The van der Waals surface area contributed by atoms with E-state index in [4.69, 9.17) is 0 Å². The van der Waals surface area contributed by atoms with E-state index in [9.17, 15) is 4.79 Å². The molecule has 0 bridgehead atoms. The van der Waals surface area contributed by atoms with Crippen LogP contribution in [0, 0.1) is 6.92 Å². The second-order valence-corrected chi connectivity index (χ2v) is 3.43. The van der Waals surface area contributed by atoms with Crippen molar-refractivity contribution in [2.24, 2.45) is 7.05 Å². The van der Waals surface area contributed by atoms with Crippen molar-refractivity contribution in [3.63, 3.8) is 0 Å². The van der Waals surface area contributed by atoms with Crippen molar-refractivity contribution in [1.82, 2.24) is 19.3 Å². The lowest BCUT2D eigenvalue weighted by Gasteiger charge is -2.01. The van der Waals surface area contributed by atoms with Crippen LogP contribution in [0.1, 0.15) is 16.2 Å². The fraction of sp³-hybridized carbons (Fsp3) is 0.300. The predicted octanol–water partition coefficient (Wildman–Crippen LogP) is 0.808. The molecule has 0 saturated heterocycles. The van der Waals surface area contributed by atoms with E-state index >= 15 is 0 Å². The third-order valence-corrected chi connectivity index (χ3v) is 2.26. The van der Waals surface area contributed by atoms with Gasteiger partial charge in [-0.3, -0.25) is 9.48 Å². The predicted molar refractivity (Wildman–Crippen MR) is 54.5 cm³/mol. The maximum Gasteiger partial charge on any atom is 0.185 e. The third kappa shape index (κ3) is 1.96. The smallest absolute Gasteiger partial charge is 0.185 e. The fourth-order valence-corrected chi connectivity index (χ4v) is 1.38. The van der Waals surface area contributed by atoms with Crippen molar-refractivity contribution in [2.45, 2.75) is 13.5 Å². The molecule has 0 amide bonds. The number of Topliss-reactive ketones (excluding diaryl/α,β-unsaturated/α-hetero) is 1. The first kappa shape index (κ1) is 9.64. The molecule has 0 aliphatic heterocycles. The standard InChI is InChI=1S/C10H12N4O/c1-8-11-3-4-14(8)7-10(15)9-5-12-13(2)6-9/h3-6H,7H2,1-2H3. The molecule has 0 saturated carbocycles. The monoisotopic (exact) mass is 204 g/mol. The van der Waals surface area contributed by atoms with Gasteiger partial charge in [0.05, 0.1) is 18.3 Å².